The average Bonchev–Trinajstić information content (AvgIpc) is 2.73. The highest BCUT2D eigenvalue weighted by molar-refractivity contribution is 7.08. The lowest BCUT2D eigenvalue weighted by Gasteiger charge is -2.07. The van der Waals surface area contributed by atoms with Gasteiger partial charge in [-0.1, -0.05) is 0 Å². The monoisotopic (exact) mass is 263 g/mol. The highest BCUT2D eigenvalue weighted by Gasteiger charge is 2.09. The molecule has 94 valence electrons. The summed E-state index contributed by atoms with van der Waals surface area (Å²) in [6.07, 6.45) is 1.27. The quantitative estimate of drug-likeness (QED) is 0.679. The first-order valence-electron chi connectivity index (χ1n) is 5.44. The van der Waals surface area contributed by atoms with Crippen molar-refractivity contribution < 1.29 is 4.92 Å². The molecule has 0 saturated carbocycles. The van der Waals surface area contributed by atoms with E-state index in [0.29, 0.717) is 12.4 Å². The average molecular weight is 263 g/mol. The summed E-state index contributed by atoms with van der Waals surface area (Å²) in [5, 5.41) is 18.0. The van der Waals surface area contributed by atoms with Gasteiger partial charge in [-0.05, 0) is 41.3 Å². The van der Waals surface area contributed by atoms with E-state index >= 15 is 0 Å². The first-order valence-corrected chi connectivity index (χ1v) is 6.39. The Labute approximate surface area is 109 Å². The fourth-order valence-corrected chi connectivity index (χ4v) is 2.45. The third-order valence-electron chi connectivity index (χ3n) is 2.68. The number of nitrogens with one attached hydrogen (secondary N) is 1. The van der Waals surface area contributed by atoms with Gasteiger partial charge in [0.25, 0.3) is 5.69 Å². The van der Waals surface area contributed by atoms with Crippen LogP contribution in [0.3, 0.4) is 0 Å². The Morgan fingerprint density at radius 3 is 2.72 bits per heavy atom. The number of anilines is 1. The molecule has 0 unspecified atom stereocenters. The van der Waals surface area contributed by atoms with E-state index in [1.807, 2.05) is 6.92 Å². The molecular formula is C12H13N3O2S. The maximum absolute atomic E-state index is 10.6. The third-order valence-corrected chi connectivity index (χ3v) is 3.59. The molecule has 0 fully saturated rings. The minimum Gasteiger partial charge on any atom is -0.366 e. The fraction of sp³-hybridized carbons (Fsp3) is 0.250. The Bertz CT molecular complexity index is 580. The van der Waals surface area contributed by atoms with Crippen molar-refractivity contribution in [2.45, 2.75) is 20.4 Å². The van der Waals surface area contributed by atoms with Crippen molar-refractivity contribution in [1.82, 2.24) is 4.98 Å². The molecule has 0 atom stereocenters. The first-order chi connectivity index (χ1) is 8.58. The van der Waals surface area contributed by atoms with Gasteiger partial charge in [-0.2, -0.15) is 11.3 Å². The van der Waals surface area contributed by atoms with E-state index in [4.69, 9.17) is 0 Å². The van der Waals surface area contributed by atoms with E-state index in [0.717, 1.165) is 5.56 Å². The summed E-state index contributed by atoms with van der Waals surface area (Å²) in [5.41, 5.74) is 3.26. The molecule has 0 radical (unpaired) electrons. The first kappa shape index (κ1) is 12.5. The molecule has 18 heavy (non-hydrogen) atoms. The van der Waals surface area contributed by atoms with Crippen LogP contribution in [0.4, 0.5) is 11.5 Å². The fourth-order valence-electron chi connectivity index (χ4n) is 1.59. The van der Waals surface area contributed by atoms with Gasteiger partial charge in [-0.15, -0.1) is 0 Å². The van der Waals surface area contributed by atoms with E-state index in [2.05, 4.69) is 28.0 Å². The summed E-state index contributed by atoms with van der Waals surface area (Å²) in [4.78, 5) is 14.2. The van der Waals surface area contributed by atoms with E-state index in [1.54, 1.807) is 11.3 Å². The number of aromatic nitrogens is 1. The van der Waals surface area contributed by atoms with Crippen molar-refractivity contribution in [3.63, 3.8) is 0 Å². The van der Waals surface area contributed by atoms with Crippen molar-refractivity contribution in [1.29, 1.82) is 0 Å². The van der Waals surface area contributed by atoms with Gasteiger partial charge in [0.1, 0.15) is 12.0 Å². The number of thiophene rings is 1. The van der Waals surface area contributed by atoms with Crippen LogP contribution in [-0.4, -0.2) is 9.91 Å². The maximum Gasteiger partial charge on any atom is 0.287 e. The molecule has 2 rings (SSSR count). The number of hydrogen-bond donors (Lipinski definition) is 1. The van der Waals surface area contributed by atoms with Crippen molar-refractivity contribution >= 4 is 22.8 Å². The van der Waals surface area contributed by atoms with Gasteiger partial charge in [-0.3, -0.25) is 10.1 Å². The van der Waals surface area contributed by atoms with Gasteiger partial charge < -0.3 is 5.32 Å². The van der Waals surface area contributed by atoms with Crippen LogP contribution < -0.4 is 5.32 Å². The van der Waals surface area contributed by atoms with E-state index in [9.17, 15) is 10.1 Å². The highest BCUT2D eigenvalue weighted by Crippen LogP contribution is 2.20. The predicted octanol–water partition coefficient (Wildman–Crippen LogP) is 3.28. The van der Waals surface area contributed by atoms with E-state index < -0.39 is 4.92 Å². The van der Waals surface area contributed by atoms with Crippen LogP contribution >= 0.6 is 11.3 Å². The smallest absolute Gasteiger partial charge is 0.287 e. The number of nitrogens with zero attached hydrogens (tertiary/aromatic N) is 2. The number of rotatable bonds is 4. The van der Waals surface area contributed by atoms with Crippen LogP contribution in [0.15, 0.2) is 23.0 Å². The van der Waals surface area contributed by atoms with Crippen LogP contribution in [0.5, 0.6) is 0 Å². The molecule has 0 spiro atoms. The van der Waals surface area contributed by atoms with Gasteiger partial charge in [0.2, 0.25) is 0 Å². The van der Waals surface area contributed by atoms with Crippen LogP contribution in [-0.2, 0) is 6.54 Å². The number of nitro groups is 1. The second kappa shape index (κ2) is 5.14. The van der Waals surface area contributed by atoms with Gasteiger partial charge in [0.15, 0.2) is 0 Å². The summed E-state index contributed by atoms with van der Waals surface area (Å²) in [7, 11) is 0. The zero-order chi connectivity index (χ0) is 13.1. The summed E-state index contributed by atoms with van der Waals surface area (Å²) in [5.74, 6) is 0.686. The van der Waals surface area contributed by atoms with Crippen molar-refractivity contribution in [3.8, 4) is 0 Å². The zero-order valence-corrected chi connectivity index (χ0v) is 11.0. The normalized spacial score (nSPS) is 10.3. The Morgan fingerprint density at radius 2 is 2.17 bits per heavy atom. The Morgan fingerprint density at radius 1 is 1.39 bits per heavy atom. The highest BCUT2D eigenvalue weighted by atomic mass is 32.1. The Kier molecular flexibility index (Phi) is 3.57. The lowest BCUT2D eigenvalue weighted by atomic mass is 10.2. The third kappa shape index (κ3) is 2.65. The van der Waals surface area contributed by atoms with Crippen LogP contribution in [0, 0.1) is 24.0 Å². The van der Waals surface area contributed by atoms with Crippen LogP contribution in [0.25, 0.3) is 0 Å². The van der Waals surface area contributed by atoms with Gasteiger partial charge in [0.05, 0.1) is 4.92 Å². The van der Waals surface area contributed by atoms with Crippen LogP contribution in [0.1, 0.15) is 16.7 Å². The minimum absolute atomic E-state index is 0.0183. The van der Waals surface area contributed by atoms with Gasteiger partial charge in [0, 0.05) is 12.6 Å². The molecule has 0 saturated heterocycles. The van der Waals surface area contributed by atoms with E-state index in [-0.39, 0.29) is 5.69 Å². The maximum atomic E-state index is 10.6. The minimum atomic E-state index is -0.438. The lowest BCUT2D eigenvalue weighted by molar-refractivity contribution is -0.385. The zero-order valence-electron chi connectivity index (χ0n) is 10.1. The molecule has 0 bridgehead atoms. The molecule has 2 aromatic heterocycles. The van der Waals surface area contributed by atoms with Crippen molar-refractivity contribution in [3.05, 3.63) is 49.8 Å². The molecule has 0 aromatic carbocycles. The number of hydrogen-bond acceptors (Lipinski definition) is 5. The molecule has 0 aliphatic carbocycles. The molecule has 2 aromatic rings. The van der Waals surface area contributed by atoms with Gasteiger partial charge in [-0.25, -0.2) is 4.98 Å². The molecule has 2 heterocycles. The molecular weight excluding hydrogens is 250 g/mol. The lowest BCUT2D eigenvalue weighted by Crippen LogP contribution is -2.04. The molecule has 5 nitrogen and oxygen atoms in total. The number of pyridine rings is 1. The topological polar surface area (TPSA) is 68.1 Å². The molecule has 0 amide bonds. The summed E-state index contributed by atoms with van der Waals surface area (Å²) in [6.45, 7) is 4.55. The summed E-state index contributed by atoms with van der Waals surface area (Å²) >= 11 is 1.66. The summed E-state index contributed by atoms with van der Waals surface area (Å²) in [6, 6.07) is 1.52. The van der Waals surface area contributed by atoms with Gasteiger partial charge >= 0.3 is 0 Å². The predicted molar refractivity (Wildman–Crippen MR) is 72.0 cm³/mol. The largest absolute Gasteiger partial charge is 0.366 e. The Hall–Kier alpha value is -1.95. The SMILES string of the molecule is Cc1cscc1CNc1ncc([N+](=O)[O-])cc1C. The molecule has 0 aliphatic rings. The number of aryl methyl sites for hydroxylation is 2. The summed E-state index contributed by atoms with van der Waals surface area (Å²) < 4.78 is 0. The van der Waals surface area contributed by atoms with Crippen LogP contribution in [0.2, 0.25) is 0 Å². The van der Waals surface area contributed by atoms with Crippen molar-refractivity contribution in [2.24, 2.45) is 0 Å². The molecule has 6 heteroatoms. The van der Waals surface area contributed by atoms with E-state index in [1.165, 1.54) is 23.4 Å². The Balaban J connectivity index is 2.11. The second-order valence-electron chi connectivity index (χ2n) is 4.05. The standard InChI is InChI=1S/C12H13N3O2S/c1-8-3-11(15(16)17)5-14-12(8)13-4-10-7-18-6-9(10)2/h3,5-7H,4H2,1-2H3,(H,13,14). The second-order valence-corrected chi connectivity index (χ2v) is 4.79. The van der Waals surface area contributed by atoms with Crippen molar-refractivity contribution in [2.75, 3.05) is 5.32 Å². The molecule has 1 N–H and O–H groups in total. The molecule has 0 aliphatic heterocycles.